The Kier molecular flexibility index (Phi) is 2.49. The van der Waals surface area contributed by atoms with E-state index < -0.39 is 5.97 Å². The third kappa shape index (κ3) is 2.04. The lowest BCUT2D eigenvalue weighted by atomic mass is 10.2. The zero-order chi connectivity index (χ0) is 10.7. The van der Waals surface area contributed by atoms with E-state index in [9.17, 15) is 4.79 Å². The van der Waals surface area contributed by atoms with E-state index in [0.29, 0.717) is 12.1 Å². The molecular formula is C11H10N2O2. The van der Waals surface area contributed by atoms with Gasteiger partial charge in [-0.25, -0.2) is 4.79 Å². The van der Waals surface area contributed by atoms with Crippen LogP contribution in [0.4, 0.5) is 5.69 Å². The van der Waals surface area contributed by atoms with E-state index in [1.54, 1.807) is 30.7 Å². The summed E-state index contributed by atoms with van der Waals surface area (Å²) in [4.78, 5) is 16.5. The van der Waals surface area contributed by atoms with E-state index in [1.807, 2.05) is 17.0 Å². The van der Waals surface area contributed by atoms with Crippen molar-refractivity contribution in [1.82, 2.24) is 4.98 Å². The fraction of sp³-hybridized carbons (Fsp3) is 0.0909. The number of carbonyl (C=O) groups is 1. The number of carboxylic acids is 1. The Labute approximate surface area is 87.2 Å². The van der Waals surface area contributed by atoms with Gasteiger partial charge in [0, 0.05) is 30.8 Å². The lowest BCUT2D eigenvalue weighted by Crippen LogP contribution is -2.20. The van der Waals surface area contributed by atoms with Crippen LogP contribution in [0.1, 0.15) is 0 Å². The molecule has 2 heterocycles. The van der Waals surface area contributed by atoms with Crippen LogP contribution >= 0.6 is 0 Å². The minimum Gasteiger partial charge on any atom is -0.478 e. The lowest BCUT2D eigenvalue weighted by Gasteiger charge is -2.21. The molecule has 0 atom stereocenters. The van der Waals surface area contributed by atoms with Gasteiger partial charge in [-0.05, 0) is 18.2 Å². The third-order valence-electron chi connectivity index (χ3n) is 2.18. The van der Waals surface area contributed by atoms with Crippen molar-refractivity contribution < 1.29 is 9.90 Å². The molecule has 1 N–H and O–H groups in total. The summed E-state index contributed by atoms with van der Waals surface area (Å²) < 4.78 is 0. The highest BCUT2D eigenvalue weighted by atomic mass is 16.4. The Morgan fingerprint density at radius 1 is 1.40 bits per heavy atom. The number of rotatable bonds is 2. The zero-order valence-electron chi connectivity index (χ0n) is 8.00. The summed E-state index contributed by atoms with van der Waals surface area (Å²) in [6.45, 7) is 0.572. The fourth-order valence-corrected chi connectivity index (χ4v) is 1.38. The van der Waals surface area contributed by atoms with Crippen LogP contribution in [0, 0.1) is 0 Å². The molecule has 1 aliphatic rings. The van der Waals surface area contributed by atoms with Gasteiger partial charge in [0.05, 0.1) is 5.57 Å². The Hall–Kier alpha value is -2.10. The van der Waals surface area contributed by atoms with Gasteiger partial charge in [-0.3, -0.25) is 4.98 Å². The first kappa shape index (κ1) is 9.45. The molecule has 2 rings (SSSR count). The molecule has 76 valence electrons. The van der Waals surface area contributed by atoms with Crippen molar-refractivity contribution in [3.8, 4) is 0 Å². The maximum atomic E-state index is 10.6. The van der Waals surface area contributed by atoms with Crippen molar-refractivity contribution >= 4 is 11.7 Å². The Bertz CT molecular complexity index is 423. The molecule has 0 aromatic carbocycles. The number of hydrogen-bond acceptors (Lipinski definition) is 3. The summed E-state index contributed by atoms with van der Waals surface area (Å²) >= 11 is 0. The Morgan fingerprint density at radius 2 is 2.13 bits per heavy atom. The average molecular weight is 202 g/mol. The highest BCUT2D eigenvalue weighted by Gasteiger charge is 2.10. The van der Waals surface area contributed by atoms with Gasteiger partial charge >= 0.3 is 5.97 Å². The average Bonchev–Trinajstić information content (AvgIpc) is 2.30. The van der Waals surface area contributed by atoms with Gasteiger partial charge in [0.15, 0.2) is 0 Å². The summed E-state index contributed by atoms with van der Waals surface area (Å²) in [6, 6.07) is 3.76. The number of carboxylic acid groups (broad SMARTS) is 1. The van der Waals surface area contributed by atoms with E-state index in [0.717, 1.165) is 5.69 Å². The van der Waals surface area contributed by atoms with Crippen molar-refractivity contribution in [3.05, 3.63) is 48.5 Å². The molecule has 4 nitrogen and oxygen atoms in total. The van der Waals surface area contributed by atoms with Crippen molar-refractivity contribution in [1.29, 1.82) is 0 Å². The Morgan fingerprint density at radius 3 is 2.67 bits per heavy atom. The summed E-state index contributed by atoms with van der Waals surface area (Å²) in [7, 11) is 0. The van der Waals surface area contributed by atoms with E-state index in [1.165, 1.54) is 0 Å². The van der Waals surface area contributed by atoms with Gasteiger partial charge in [-0.2, -0.15) is 0 Å². The molecule has 1 aromatic rings. The minimum absolute atomic E-state index is 0.334. The standard InChI is InChI=1S/C11H10N2O2/c14-11(15)9-3-7-13(8-4-9)10-1-5-12-6-2-10/h1-7H,8H2,(H,14,15). The predicted octanol–water partition coefficient (Wildman–Crippen LogP) is 1.43. The van der Waals surface area contributed by atoms with Crippen LogP contribution in [0.25, 0.3) is 0 Å². The topological polar surface area (TPSA) is 53.4 Å². The smallest absolute Gasteiger partial charge is 0.335 e. The molecule has 0 amide bonds. The van der Waals surface area contributed by atoms with Crippen LogP contribution in [-0.4, -0.2) is 22.6 Å². The SMILES string of the molecule is O=C(O)C1=CCN(c2ccncc2)C=C1. The largest absolute Gasteiger partial charge is 0.478 e. The number of nitrogens with zero attached hydrogens (tertiary/aromatic N) is 2. The molecule has 4 heteroatoms. The van der Waals surface area contributed by atoms with Crippen LogP contribution in [0.5, 0.6) is 0 Å². The number of pyridine rings is 1. The van der Waals surface area contributed by atoms with E-state index >= 15 is 0 Å². The molecule has 0 radical (unpaired) electrons. The number of aromatic nitrogens is 1. The van der Waals surface area contributed by atoms with E-state index in [4.69, 9.17) is 5.11 Å². The molecule has 0 aliphatic carbocycles. The van der Waals surface area contributed by atoms with Crippen LogP contribution in [0.15, 0.2) is 48.5 Å². The highest BCUT2D eigenvalue weighted by Crippen LogP contribution is 2.16. The quantitative estimate of drug-likeness (QED) is 0.788. The van der Waals surface area contributed by atoms with Gasteiger partial charge in [0.25, 0.3) is 0 Å². The van der Waals surface area contributed by atoms with Crippen LogP contribution in [-0.2, 0) is 4.79 Å². The molecule has 1 aromatic heterocycles. The second-order valence-electron chi connectivity index (χ2n) is 3.14. The number of hydrogen-bond donors (Lipinski definition) is 1. The molecular weight excluding hydrogens is 192 g/mol. The van der Waals surface area contributed by atoms with Gasteiger partial charge < -0.3 is 10.0 Å². The van der Waals surface area contributed by atoms with Crippen LogP contribution in [0.3, 0.4) is 0 Å². The Balaban J connectivity index is 2.14. The first-order chi connectivity index (χ1) is 7.27. The second kappa shape index (κ2) is 3.96. The van der Waals surface area contributed by atoms with Crippen molar-refractivity contribution in [3.63, 3.8) is 0 Å². The molecule has 0 fully saturated rings. The van der Waals surface area contributed by atoms with E-state index in [2.05, 4.69) is 4.98 Å². The summed E-state index contributed by atoms with van der Waals surface area (Å²) in [6.07, 6.45) is 8.45. The maximum Gasteiger partial charge on any atom is 0.335 e. The van der Waals surface area contributed by atoms with Gasteiger partial charge in [0.1, 0.15) is 0 Å². The molecule has 0 saturated heterocycles. The predicted molar refractivity (Wildman–Crippen MR) is 56.4 cm³/mol. The maximum absolute atomic E-state index is 10.6. The zero-order valence-corrected chi connectivity index (χ0v) is 8.00. The van der Waals surface area contributed by atoms with Crippen molar-refractivity contribution in [2.45, 2.75) is 0 Å². The molecule has 0 saturated carbocycles. The van der Waals surface area contributed by atoms with Gasteiger partial charge in [-0.15, -0.1) is 0 Å². The summed E-state index contributed by atoms with van der Waals surface area (Å²) in [5.74, 6) is -0.888. The fourth-order valence-electron chi connectivity index (χ4n) is 1.38. The highest BCUT2D eigenvalue weighted by molar-refractivity contribution is 5.90. The first-order valence-electron chi connectivity index (χ1n) is 4.56. The van der Waals surface area contributed by atoms with Crippen molar-refractivity contribution in [2.24, 2.45) is 0 Å². The van der Waals surface area contributed by atoms with Crippen molar-refractivity contribution in [2.75, 3.05) is 11.4 Å². The first-order valence-corrected chi connectivity index (χ1v) is 4.56. The van der Waals surface area contributed by atoms with Crippen LogP contribution in [0.2, 0.25) is 0 Å². The van der Waals surface area contributed by atoms with E-state index in [-0.39, 0.29) is 0 Å². The number of aliphatic carboxylic acids is 1. The molecule has 1 aliphatic heterocycles. The monoisotopic (exact) mass is 202 g/mol. The van der Waals surface area contributed by atoms with Gasteiger partial charge in [-0.1, -0.05) is 6.08 Å². The summed E-state index contributed by atoms with van der Waals surface area (Å²) in [5.41, 5.74) is 1.34. The molecule has 0 unspecified atom stereocenters. The lowest BCUT2D eigenvalue weighted by molar-refractivity contribution is -0.132. The second-order valence-corrected chi connectivity index (χ2v) is 3.14. The minimum atomic E-state index is -0.888. The third-order valence-corrected chi connectivity index (χ3v) is 2.18. The molecule has 15 heavy (non-hydrogen) atoms. The normalized spacial score (nSPS) is 14.9. The number of anilines is 1. The van der Waals surface area contributed by atoms with Crippen LogP contribution < -0.4 is 4.90 Å². The molecule has 0 bridgehead atoms. The molecule has 0 spiro atoms. The van der Waals surface area contributed by atoms with Gasteiger partial charge in [0.2, 0.25) is 0 Å². The summed E-state index contributed by atoms with van der Waals surface area (Å²) in [5, 5.41) is 8.75.